The Balaban J connectivity index is 1.81. The first-order valence-corrected chi connectivity index (χ1v) is 7.62. The molecule has 1 heterocycles. The van der Waals surface area contributed by atoms with Crippen LogP contribution in [-0.4, -0.2) is 36.0 Å². The van der Waals surface area contributed by atoms with E-state index in [9.17, 15) is 19.7 Å². The van der Waals surface area contributed by atoms with Crippen molar-refractivity contribution in [3.63, 3.8) is 0 Å². The molecule has 0 saturated carbocycles. The van der Waals surface area contributed by atoms with Gasteiger partial charge in [-0.05, 0) is 25.7 Å². The Labute approximate surface area is 133 Å². The van der Waals surface area contributed by atoms with Gasteiger partial charge in [0.2, 0.25) is 5.91 Å². The molecule has 0 spiro atoms. The molecule has 1 saturated heterocycles. The van der Waals surface area contributed by atoms with Crippen molar-refractivity contribution in [3.8, 4) is 0 Å². The van der Waals surface area contributed by atoms with Crippen LogP contribution >= 0.6 is 0 Å². The van der Waals surface area contributed by atoms with Crippen molar-refractivity contribution in [3.05, 3.63) is 39.9 Å². The summed E-state index contributed by atoms with van der Waals surface area (Å²) in [4.78, 5) is 34.1. The number of benzene rings is 1. The monoisotopic (exact) mass is 320 g/mol. The zero-order chi connectivity index (χ0) is 16.7. The Morgan fingerprint density at radius 1 is 1.35 bits per heavy atom. The van der Waals surface area contributed by atoms with Gasteiger partial charge in [-0.25, -0.2) is 4.79 Å². The third-order valence-electron chi connectivity index (χ3n) is 3.71. The minimum absolute atomic E-state index is 0.0397. The molecule has 0 aliphatic carbocycles. The second kappa shape index (κ2) is 8.11. The average Bonchev–Trinajstić information content (AvgIpc) is 2.72. The van der Waals surface area contributed by atoms with E-state index in [4.69, 9.17) is 0 Å². The Hall–Kier alpha value is -2.64. The average molecular weight is 320 g/mol. The molecule has 1 aromatic rings. The van der Waals surface area contributed by atoms with Crippen molar-refractivity contribution < 1.29 is 14.5 Å². The molecule has 0 unspecified atom stereocenters. The number of carbonyl (C=O) groups excluding carboxylic acids is 2. The number of nitro benzene ring substituents is 1. The maximum atomic E-state index is 11.8. The molecule has 0 aromatic heterocycles. The van der Waals surface area contributed by atoms with Gasteiger partial charge in [0.05, 0.1) is 4.92 Å². The lowest BCUT2D eigenvalue weighted by molar-refractivity contribution is -0.385. The number of urea groups is 1. The molecular weight excluding hydrogens is 300 g/mol. The zero-order valence-electron chi connectivity index (χ0n) is 12.7. The number of hydrogen-bond donors (Lipinski definition) is 3. The van der Waals surface area contributed by atoms with Crippen LogP contribution in [-0.2, 0) is 11.2 Å². The van der Waals surface area contributed by atoms with E-state index in [1.165, 1.54) is 6.07 Å². The van der Waals surface area contributed by atoms with Gasteiger partial charge in [-0.15, -0.1) is 0 Å². The van der Waals surface area contributed by atoms with Gasteiger partial charge in [0.1, 0.15) is 6.04 Å². The van der Waals surface area contributed by atoms with Crippen molar-refractivity contribution in [1.82, 2.24) is 16.0 Å². The lowest BCUT2D eigenvalue weighted by Crippen LogP contribution is -2.49. The summed E-state index contributed by atoms with van der Waals surface area (Å²) in [7, 11) is 0. The number of rotatable bonds is 5. The molecule has 8 nitrogen and oxygen atoms in total. The maximum Gasteiger partial charge on any atom is 0.315 e. The Morgan fingerprint density at radius 3 is 2.91 bits per heavy atom. The van der Waals surface area contributed by atoms with E-state index in [0.29, 0.717) is 24.9 Å². The van der Waals surface area contributed by atoms with Gasteiger partial charge in [-0.3, -0.25) is 14.9 Å². The Morgan fingerprint density at radius 2 is 2.13 bits per heavy atom. The summed E-state index contributed by atoms with van der Waals surface area (Å²) < 4.78 is 0. The van der Waals surface area contributed by atoms with Crippen molar-refractivity contribution in [2.75, 3.05) is 13.1 Å². The van der Waals surface area contributed by atoms with Crippen molar-refractivity contribution in [1.29, 1.82) is 0 Å². The number of nitrogens with one attached hydrogen (secondary N) is 3. The van der Waals surface area contributed by atoms with Crippen molar-refractivity contribution in [2.24, 2.45) is 0 Å². The summed E-state index contributed by atoms with van der Waals surface area (Å²) in [6, 6.07) is 5.46. The topological polar surface area (TPSA) is 113 Å². The Kier molecular flexibility index (Phi) is 5.90. The standard InChI is InChI=1S/C15H20N4O4/c20-14-12(6-3-4-9-16-14)18-15(21)17-10-8-11-5-1-2-7-13(11)19(22)23/h1-2,5,7,12H,3-4,6,8-10H2,(H,16,20)(H2,17,18,21)/t12-/m1/s1. The molecule has 0 radical (unpaired) electrons. The van der Waals surface area contributed by atoms with E-state index in [1.807, 2.05) is 0 Å². The highest BCUT2D eigenvalue weighted by molar-refractivity contribution is 5.87. The van der Waals surface area contributed by atoms with Crippen LogP contribution in [0.4, 0.5) is 10.5 Å². The van der Waals surface area contributed by atoms with Crippen LogP contribution in [0.5, 0.6) is 0 Å². The maximum absolute atomic E-state index is 11.8. The molecule has 23 heavy (non-hydrogen) atoms. The summed E-state index contributed by atoms with van der Waals surface area (Å²) in [5.74, 6) is -0.170. The highest BCUT2D eigenvalue weighted by Gasteiger charge is 2.22. The molecule has 2 rings (SSSR count). The van der Waals surface area contributed by atoms with Gasteiger partial charge in [0.25, 0.3) is 5.69 Å². The van der Waals surface area contributed by atoms with E-state index in [1.54, 1.807) is 18.2 Å². The van der Waals surface area contributed by atoms with Gasteiger partial charge >= 0.3 is 6.03 Å². The molecule has 3 amide bonds. The zero-order valence-corrected chi connectivity index (χ0v) is 12.7. The fourth-order valence-corrected chi connectivity index (χ4v) is 2.50. The molecule has 8 heteroatoms. The van der Waals surface area contributed by atoms with Gasteiger partial charge in [-0.2, -0.15) is 0 Å². The quantitative estimate of drug-likeness (QED) is 0.557. The SMILES string of the molecule is O=C(NCCc1ccccc1[N+](=O)[O-])N[C@@H]1CCCCNC1=O. The third kappa shape index (κ3) is 4.94. The number of para-hydroxylation sites is 1. The van der Waals surface area contributed by atoms with Gasteiger partial charge in [-0.1, -0.05) is 18.2 Å². The van der Waals surface area contributed by atoms with Crippen LogP contribution in [0.2, 0.25) is 0 Å². The molecule has 1 aromatic carbocycles. The molecule has 1 fully saturated rings. The number of carbonyl (C=O) groups is 2. The lowest BCUT2D eigenvalue weighted by Gasteiger charge is -2.15. The molecule has 1 atom stereocenters. The first-order chi connectivity index (χ1) is 11.1. The largest absolute Gasteiger partial charge is 0.354 e. The molecule has 124 valence electrons. The highest BCUT2D eigenvalue weighted by Crippen LogP contribution is 2.17. The third-order valence-corrected chi connectivity index (χ3v) is 3.71. The highest BCUT2D eigenvalue weighted by atomic mass is 16.6. The van der Waals surface area contributed by atoms with E-state index in [2.05, 4.69) is 16.0 Å². The van der Waals surface area contributed by atoms with Gasteiger partial charge in [0.15, 0.2) is 0 Å². The smallest absolute Gasteiger partial charge is 0.315 e. The normalized spacial score (nSPS) is 17.7. The van der Waals surface area contributed by atoms with Crippen molar-refractivity contribution in [2.45, 2.75) is 31.7 Å². The summed E-state index contributed by atoms with van der Waals surface area (Å²) in [5.41, 5.74) is 0.600. The molecular formula is C15H20N4O4. The summed E-state index contributed by atoms with van der Waals surface area (Å²) >= 11 is 0. The van der Waals surface area contributed by atoms with Gasteiger partial charge in [0, 0.05) is 24.7 Å². The van der Waals surface area contributed by atoms with E-state index in [0.717, 1.165) is 12.8 Å². The first-order valence-electron chi connectivity index (χ1n) is 7.62. The van der Waals surface area contributed by atoms with Crippen LogP contribution in [0.25, 0.3) is 0 Å². The summed E-state index contributed by atoms with van der Waals surface area (Å²) in [6.07, 6.45) is 2.74. The minimum atomic E-state index is -0.524. The van der Waals surface area contributed by atoms with Crippen LogP contribution in [0, 0.1) is 10.1 Å². The van der Waals surface area contributed by atoms with E-state index < -0.39 is 17.0 Å². The second-order valence-electron chi connectivity index (χ2n) is 5.38. The Bertz CT molecular complexity index is 591. The second-order valence-corrected chi connectivity index (χ2v) is 5.38. The van der Waals surface area contributed by atoms with E-state index in [-0.39, 0.29) is 18.1 Å². The molecule has 1 aliphatic heterocycles. The fraction of sp³-hybridized carbons (Fsp3) is 0.467. The van der Waals surface area contributed by atoms with Crippen LogP contribution in [0.3, 0.4) is 0 Å². The number of hydrogen-bond acceptors (Lipinski definition) is 4. The first kappa shape index (κ1) is 16.7. The number of nitro groups is 1. The van der Waals surface area contributed by atoms with E-state index >= 15 is 0 Å². The fourth-order valence-electron chi connectivity index (χ4n) is 2.50. The van der Waals surface area contributed by atoms with Crippen LogP contribution < -0.4 is 16.0 Å². The predicted octanol–water partition coefficient (Wildman–Crippen LogP) is 1.11. The lowest BCUT2D eigenvalue weighted by atomic mass is 10.1. The number of amides is 3. The summed E-state index contributed by atoms with van der Waals surface area (Å²) in [6.45, 7) is 0.890. The number of nitrogens with zero attached hydrogens (tertiary/aromatic N) is 1. The van der Waals surface area contributed by atoms with Crippen LogP contribution in [0.15, 0.2) is 24.3 Å². The minimum Gasteiger partial charge on any atom is -0.354 e. The van der Waals surface area contributed by atoms with Crippen molar-refractivity contribution >= 4 is 17.6 Å². The molecule has 1 aliphatic rings. The molecule has 0 bridgehead atoms. The predicted molar refractivity (Wildman–Crippen MR) is 84.0 cm³/mol. The van der Waals surface area contributed by atoms with Gasteiger partial charge < -0.3 is 16.0 Å². The summed E-state index contributed by atoms with van der Waals surface area (Å²) in [5, 5.41) is 18.9. The molecule has 3 N–H and O–H groups in total. The van der Waals surface area contributed by atoms with Crippen LogP contribution in [0.1, 0.15) is 24.8 Å².